The van der Waals surface area contributed by atoms with E-state index >= 15 is 0 Å². The van der Waals surface area contributed by atoms with Gasteiger partial charge in [-0.2, -0.15) is 0 Å². The summed E-state index contributed by atoms with van der Waals surface area (Å²) in [6.45, 7) is 0.532. The first kappa shape index (κ1) is 11.5. The van der Waals surface area contributed by atoms with Crippen molar-refractivity contribution in [2.75, 3.05) is 7.05 Å². The lowest BCUT2D eigenvalue weighted by molar-refractivity contribution is 0.207. The number of nitrogens with two attached hydrogens (primary N) is 1. The van der Waals surface area contributed by atoms with Gasteiger partial charge in [0.2, 0.25) is 0 Å². The zero-order chi connectivity index (χ0) is 12.4. The van der Waals surface area contributed by atoms with Crippen LogP contribution in [0.1, 0.15) is 5.56 Å². The van der Waals surface area contributed by atoms with E-state index in [0.29, 0.717) is 6.54 Å². The predicted octanol–water partition coefficient (Wildman–Crippen LogP) is 1.19. The third-order valence-electron chi connectivity index (χ3n) is 2.86. The number of para-hydroxylation sites is 1. The summed E-state index contributed by atoms with van der Waals surface area (Å²) in [5, 5.41) is 1.16. The Kier molecular flexibility index (Phi) is 3.01. The van der Waals surface area contributed by atoms with Crippen LogP contribution in [0.5, 0.6) is 0 Å². The summed E-state index contributed by atoms with van der Waals surface area (Å²) < 4.78 is 2.05. The van der Waals surface area contributed by atoms with Gasteiger partial charge in [0, 0.05) is 37.7 Å². The molecule has 1 heterocycles. The number of hydrogen-bond acceptors (Lipinski definition) is 2. The van der Waals surface area contributed by atoms with E-state index in [1.54, 1.807) is 11.9 Å². The first-order chi connectivity index (χ1) is 8.13. The standard InChI is InChI=1S/C12H16N4O/c1-15-7-9(8-16(2)12(17)14-13)10-5-3-4-6-11(10)15/h3-7H,8,13H2,1-2H3,(H,14,17). The number of urea groups is 1. The number of hydrazine groups is 1. The van der Waals surface area contributed by atoms with E-state index in [1.807, 2.05) is 25.4 Å². The van der Waals surface area contributed by atoms with E-state index in [1.165, 1.54) is 0 Å². The van der Waals surface area contributed by atoms with Gasteiger partial charge in [-0.1, -0.05) is 18.2 Å². The Morgan fingerprint density at radius 1 is 1.47 bits per heavy atom. The molecule has 1 aromatic heterocycles. The van der Waals surface area contributed by atoms with Gasteiger partial charge < -0.3 is 9.47 Å². The molecule has 1 aromatic carbocycles. The Bertz CT molecular complexity index is 546. The number of nitrogens with zero attached hydrogens (tertiary/aromatic N) is 2. The van der Waals surface area contributed by atoms with Crippen molar-refractivity contribution >= 4 is 16.9 Å². The first-order valence-electron chi connectivity index (χ1n) is 5.38. The third kappa shape index (κ3) is 2.09. The third-order valence-corrected chi connectivity index (χ3v) is 2.86. The molecule has 0 unspecified atom stereocenters. The maximum Gasteiger partial charge on any atom is 0.331 e. The normalized spacial score (nSPS) is 10.5. The van der Waals surface area contributed by atoms with Crippen LogP contribution in [0, 0.1) is 0 Å². The van der Waals surface area contributed by atoms with Crippen LogP contribution in [0.2, 0.25) is 0 Å². The molecule has 0 spiro atoms. The van der Waals surface area contributed by atoms with E-state index in [0.717, 1.165) is 16.5 Å². The fourth-order valence-electron chi connectivity index (χ4n) is 1.99. The summed E-state index contributed by atoms with van der Waals surface area (Å²) >= 11 is 0. The maximum absolute atomic E-state index is 11.3. The number of benzene rings is 1. The molecule has 0 aliphatic carbocycles. The SMILES string of the molecule is CN(Cc1cn(C)c2ccccc12)C(=O)NN. The van der Waals surface area contributed by atoms with Gasteiger partial charge in [-0.3, -0.25) is 5.43 Å². The number of fused-ring (bicyclic) bond motifs is 1. The summed E-state index contributed by atoms with van der Waals surface area (Å²) in [4.78, 5) is 12.9. The van der Waals surface area contributed by atoms with Gasteiger partial charge in [0.1, 0.15) is 0 Å². The van der Waals surface area contributed by atoms with E-state index in [2.05, 4.69) is 22.1 Å². The Balaban J connectivity index is 2.33. The molecule has 0 fully saturated rings. The molecule has 0 saturated heterocycles. The molecule has 5 nitrogen and oxygen atoms in total. The average molecular weight is 232 g/mol. The highest BCUT2D eigenvalue weighted by atomic mass is 16.2. The lowest BCUT2D eigenvalue weighted by Crippen LogP contribution is -2.40. The molecule has 5 heteroatoms. The zero-order valence-corrected chi connectivity index (χ0v) is 9.97. The Morgan fingerprint density at radius 2 is 2.18 bits per heavy atom. The van der Waals surface area contributed by atoms with Crippen LogP contribution in [-0.4, -0.2) is 22.5 Å². The summed E-state index contributed by atoms with van der Waals surface area (Å²) in [5.74, 6) is 5.10. The van der Waals surface area contributed by atoms with Crippen molar-refractivity contribution in [3.05, 3.63) is 36.0 Å². The van der Waals surface area contributed by atoms with Crippen LogP contribution in [0.3, 0.4) is 0 Å². The van der Waals surface area contributed by atoms with Crippen LogP contribution in [0.25, 0.3) is 10.9 Å². The monoisotopic (exact) mass is 232 g/mol. The van der Waals surface area contributed by atoms with E-state index in [4.69, 9.17) is 5.84 Å². The molecule has 17 heavy (non-hydrogen) atoms. The molecule has 0 bridgehead atoms. The summed E-state index contributed by atoms with van der Waals surface area (Å²) in [6, 6.07) is 7.82. The minimum Gasteiger partial charge on any atom is -0.350 e. The van der Waals surface area contributed by atoms with Gasteiger partial charge in [-0.05, 0) is 11.6 Å². The van der Waals surface area contributed by atoms with Gasteiger partial charge in [0.15, 0.2) is 0 Å². The van der Waals surface area contributed by atoms with Gasteiger partial charge >= 0.3 is 6.03 Å². The number of amides is 2. The molecular formula is C12H16N4O. The fourth-order valence-corrected chi connectivity index (χ4v) is 1.99. The largest absolute Gasteiger partial charge is 0.350 e. The number of aryl methyl sites for hydroxylation is 1. The van der Waals surface area contributed by atoms with Gasteiger partial charge in [-0.15, -0.1) is 0 Å². The second kappa shape index (κ2) is 4.47. The molecule has 0 atom stereocenters. The van der Waals surface area contributed by atoms with E-state index < -0.39 is 0 Å². The topological polar surface area (TPSA) is 63.3 Å². The van der Waals surface area contributed by atoms with Gasteiger partial charge in [0.05, 0.1) is 0 Å². The number of rotatable bonds is 2. The van der Waals surface area contributed by atoms with Crippen molar-refractivity contribution in [2.24, 2.45) is 12.9 Å². The van der Waals surface area contributed by atoms with Crippen molar-refractivity contribution in [3.63, 3.8) is 0 Å². The fraction of sp³-hybridized carbons (Fsp3) is 0.250. The molecule has 2 aromatic rings. The smallest absolute Gasteiger partial charge is 0.331 e. The molecule has 0 aliphatic rings. The number of carbonyl (C=O) groups excluding carboxylic acids is 1. The number of aromatic nitrogens is 1. The summed E-state index contributed by atoms with van der Waals surface area (Å²) in [5.41, 5.74) is 4.38. The van der Waals surface area contributed by atoms with Crippen molar-refractivity contribution in [1.82, 2.24) is 14.9 Å². The first-order valence-corrected chi connectivity index (χ1v) is 5.38. The molecule has 3 N–H and O–H groups in total. The summed E-state index contributed by atoms with van der Waals surface area (Å²) in [7, 11) is 3.71. The minimum absolute atomic E-state index is 0.294. The molecule has 90 valence electrons. The van der Waals surface area contributed by atoms with E-state index in [9.17, 15) is 4.79 Å². The lowest BCUT2D eigenvalue weighted by Gasteiger charge is -2.15. The van der Waals surface area contributed by atoms with Crippen molar-refractivity contribution < 1.29 is 4.79 Å². The lowest BCUT2D eigenvalue weighted by atomic mass is 10.2. The molecule has 0 radical (unpaired) electrons. The Morgan fingerprint density at radius 3 is 2.88 bits per heavy atom. The van der Waals surface area contributed by atoms with Crippen LogP contribution in [-0.2, 0) is 13.6 Å². The molecule has 2 amide bonds. The summed E-state index contributed by atoms with van der Waals surface area (Å²) in [6.07, 6.45) is 2.03. The number of nitrogens with one attached hydrogen (secondary N) is 1. The highest BCUT2D eigenvalue weighted by Gasteiger charge is 2.11. The Labute approximate surface area is 99.8 Å². The van der Waals surface area contributed by atoms with Gasteiger partial charge in [-0.25, -0.2) is 10.6 Å². The quantitative estimate of drug-likeness (QED) is 0.464. The molecule has 2 rings (SSSR count). The van der Waals surface area contributed by atoms with Gasteiger partial charge in [0.25, 0.3) is 0 Å². The zero-order valence-electron chi connectivity index (χ0n) is 9.97. The second-order valence-electron chi connectivity index (χ2n) is 4.09. The van der Waals surface area contributed by atoms with E-state index in [-0.39, 0.29) is 6.03 Å². The molecule has 0 saturated carbocycles. The Hall–Kier alpha value is -2.01. The second-order valence-corrected chi connectivity index (χ2v) is 4.09. The highest BCUT2D eigenvalue weighted by Crippen LogP contribution is 2.21. The maximum atomic E-state index is 11.3. The number of hydrogen-bond donors (Lipinski definition) is 2. The van der Waals surface area contributed by atoms with Crippen molar-refractivity contribution in [1.29, 1.82) is 0 Å². The van der Waals surface area contributed by atoms with Crippen LogP contribution in [0.4, 0.5) is 4.79 Å². The van der Waals surface area contributed by atoms with Crippen LogP contribution < -0.4 is 11.3 Å². The molecule has 0 aliphatic heterocycles. The minimum atomic E-state index is -0.294. The predicted molar refractivity (Wildman–Crippen MR) is 67.1 cm³/mol. The van der Waals surface area contributed by atoms with Crippen molar-refractivity contribution in [2.45, 2.75) is 6.54 Å². The highest BCUT2D eigenvalue weighted by molar-refractivity contribution is 5.84. The van der Waals surface area contributed by atoms with Crippen LogP contribution in [0.15, 0.2) is 30.5 Å². The van der Waals surface area contributed by atoms with Crippen molar-refractivity contribution in [3.8, 4) is 0 Å². The van der Waals surface area contributed by atoms with Crippen LogP contribution >= 0.6 is 0 Å². The number of carbonyl (C=O) groups is 1. The molecular weight excluding hydrogens is 216 g/mol. The average Bonchev–Trinajstić information content (AvgIpc) is 2.66.